The van der Waals surface area contributed by atoms with E-state index in [-0.39, 0.29) is 0 Å². The Bertz CT molecular complexity index is 385. The molecule has 0 unspecified atom stereocenters. The second kappa shape index (κ2) is 3.92. The molecule has 0 aliphatic heterocycles. The number of hydrogen-bond donors (Lipinski definition) is 1. The molecule has 1 fully saturated rings. The van der Waals surface area contributed by atoms with Crippen LogP contribution >= 0.6 is 11.3 Å². The highest BCUT2D eigenvalue weighted by molar-refractivity contribution is 7.11. The fraction of sp³-hybridized carbons (Fsp3) is 0.636. The summed E-state index contributed by atoms with van der Waals surface area (Å²) in [4.78, 5) is 5.54. The standard InChI is InChI=1S/C11H15N3S/c1-11(2,7-12)10-14-6-9(15-10)5-13-8-3-4-8/h6,8,13H,3-5H2,1-2H3. The molecule has 0 saturated heterocycles. The van der Waals surface area contributed by atoms with Gasteiger partial charge in [-0.1, -0.05) is 0 Å². The summed E-state index contributed by atoms with van der Waals surface area (Å²) in [7, 11) is 0. The third kappa shape index (κ3) is 2.55. The minimum atomic E-state index is -0.456. The molecular weight excluding hydrogens is 206 g/mol. The summed E-state index contributed by atoms with van der Waals surface area (Å²) in [6.07, 6.45) is 4.49. The summed E-state index contributed by atoms with van der Waals surface area (Å²) in [6.45, 7) is 4.71. The van der Waals surface area contributed by atoms with Gasteiger partial charge in [-0.2, -0.15) is 5.26 Å². The molecule has 0 aromatic carbocycles. The third-order valence-corrected chi connectivity index (χ3v) is 3.83. The molecule has 80 valence electrons. The van der Waals surface area contributed by atoms with Crippen LogP contribution < -0.4 is 5.32 Å². The summed E-state index contributed by atoms with van der Waals surface area (Å²) < 4.78 is 0. The van der Waals surface area contributed by atoms with E-state index in [0.29, 0.717) is 0 Å². The molecule has 1 aliphatic carbocycles. The van der Waals surface area contributed by atoms with Gasteiger partial charge >= 0.3 is 0 Å². The quantitative estimate of drug-likeness (QED) is 0.848. The van der Waals surface area contributed by atoms with Gasteiger partial charge in [0.15, 0.2) is 0 Å². The molecule has 1 N–H and O–H groups in total. The topological polar surface area (TPSA) is 48.7 Å². The molecule has 2 rings (SSSR count). The average molecular weight is 221 g/mol. The van der Waals surface area contributed by atoms with Crippen LogP contribution in [0.3, 0.4) is 0 Å². The lowest BCUT2D eigenvalue weighted by atomic mass is 9.97. The summed E-state index contributed by atoms with van der Waals surface area (Å²) in [5.41, 5.74) is -0.456. The summed E-state index contributed by atoms with van der Waals surface area (Å²) in [5.74, 6) is 0. The maximum absolute atomic E-state index is 8.99. The zero-order chi connectivity index (χ0) is 10.9. The van der Waals surface area contributed by atoms with Gasteiger partial charge in [0.25, 0.3) is 0 Å². The average Bonchev–Trinajstić information content (AvgIpc) is 2.92. The van der Waals surface area contributed by atoms with Crippen LogP contribution in [0.25, 0.3) is 0 Å². The van der Waals surface area contributed by atoms with Gasteiger partial charge in [0, 0.05) is 23.7 Å². The molecule has 0 amide bonds. The smallest absolute Gasteiger partial charge is 0.113 e. The Hall–Kier alpha value is -0.920. The molecule has 4 heteroatoms. The van der Waals surface area contributed by atoms with E-state index in [1.54, 1.807) is 11.3 Å². The Morgan fingerprint density at radius 2 is 2.40 bits per heavy atom. The van der Waals surface area contributed by atoms with Gasteiger partial charge < -0.3 is 5.32 Å². The highest BCUT2D eigenvalue weighted by atomic mass is 32.1. The van der Waals surface area contributed by atoms with E-state index in [1.807, 2.05) is 20.0 Å². The minimum absolute atomic E-state index is 0.456. The second-order valence-electron chi connectivity index (χ2n) is 4.52. The number of hydrogen-bond acceptors (Lipinski definition) is 4. The molecule has 0 atom stereocenters. The van der Waals surface area contributed by atoms with Gasteiger partial charge in [0.05, 0.1) is 6.07 Å². The maximum atomic E-state index is 8.99. The number of nitrogens with one attached hydrogen (secondary N) is 1. The fourth-order valence-corrected chi connectivity index (χ4v) is 2.17. The normalized spacial score (nSPS) is 16.3. The van der Waals surface area contributed by atoms with Crippen molar-refractivity contribution in [3.05, 3.63) is 16.1 Å². The van der Waals surface area contributed by atoms with Crippen molar-refractivity contribution in [1.29, 1.82) is 5.26 Å². The largest absolute Gasteiger partial charge is 0.309 e. The van der Waals surface area contributed by atoms with Crippen LogP contribution in [-0.4, -0.2) is 11.0 Å². The lowest BCUT2D eigenvalue weighted by Crippen LogP contribution is -2.14. The van der Waals surface area contributed by atoms with Gasteiger partial charge in [-0.05, 0) is 26.7 Å². The molecule has 15 heavy (non-hydrogen) atoms. The van der Waals surface area contributed by atoms with Gasteiger partial charge in [-0.15, -0.1) is 11.3 Å². The van der Waals surface area contributed by atoms with Crippen LogP contribution in [0, 0.1) is 11.3 Å². The van der Waals surface area contributed by atoms with Crippen molar-refractivity contribution in [3.63, 3.8) is 0 Å². The maximum Gasteiger partial charge on any atom is 0.113 e. The van der Waals surface area contributed by atoms with Crippen LogP contribution in [0.15, 0.2) is 6.20 Å². The number of aromatic nitrogens is 1. The first-order valence-electron chi connectivity index (χ1n) is 5.21. The molecule has 3 nitrogen and oxygen atoms in total. The van der Waals surface area contributed by atoms with Crippen molar-refractivity contribution in [2.45, 2.75) is 44.7 Å². The molecule has 0 bridgehead atoms. The van der Waals surface area contributed by atoms with Gasteiger partial charge in [0.2, 0.25) is 0 Å². The predicted molar refractivity (Wildman–Crippen MR) is 60.6 cm³/mol. The van der Waals surface area contributed by atoms with Crippen molar-refractivity contribution >= 4 is 11.3 Å². The predicted octanol–water partition coefficient (Wildman–Crippen LogP) is 2.20. The van der Waals surface area contributed by atoms with E-state index in [4.69, 9.17) is 5.26 Å². The van der Waals surface area contributed by atoms with Crippen LogP contribution in [0.4, 0.5) is 0 Å². The molecule has 1 heterocycles. The minimum Gasteiger partial charge on any atom is -0.309 e. The van der Waals surface area contributed by atoms with E-state index in [0.717, 1.165) is 17.6 Å². The zero-order valence-electron chi connectivity index (χ0n) is 9.08. The van der Waals surface area contributed by atoms with Gasteiger partial charge in [-0.25, -0.2) is 4.98 Å². The van der Waals surface area contributed by atoms with Crippen LogP contribution in [0.1, 0.15) is 36.6 Å². The second-order valence-corrected chi connectivity index (χ2v) is 5.64. The third-order valence-electron chi connectivity index (χ3n) is 2.51. The number of nitriles is 1. The molecule has 1 aliphatic rings. The van der Waals surface area contributed by atoms with E-state index in [2.05, 4.69) is 16.4 Å². The summed E-state index contributed by atoms with van der Waals surface area (Å²) in [5, 5.41) is 13.3. The summed E-state index contributed by atoms with van der Waals surface area (Å²) in [6, 6.07) is 3.00. The lowest BCUT2D eigenvalue weighted by molar-refractivity contribution is 0.679. The van der Waals surface area contributed by atoms with Crippen molar-refractivity contribution in [2.75, 3.05) is 0 Å². The van der Waals surface area contributed by atoms with Crippen molar-refractivity contribution in [1.82, 2.24) is 10.3 Å². The highest BCUT2D eigenvalue weighted by Crippen LogP contribution is 2.27. The fourth-order valence-electron chi connectivity index (χ4n) is 1.26. The molecule has 1 aromatic heterocycles. The first-order chi connectivity index (χ1) is 7.12. The van der Waals surface area contributed by atoms with Gasteiger partial charge in [0.1, 0.15) is 10.4 Å². The van der Waals surface area contributed by atoms with Crippen LogP contribution in [-0.2, 0) is 12.0 Å². The first kappa shape index (κ1) is 10.6. The molecule has 1 aromatic rings. The Morgan fingerprint density at radius 1 is 1.67 bits per heavy atom. The van der Waals surface area contributed by atoms with Crippen LogP contribution in [0.2, 0.25) is 0 Å². The van der Waals surface area contributed by atoms with E-state index >= 15 is 0 Å². The Balaban J connectivity index is 2.00. The monoisotopic (exact) mass is 221 g/mol. The number of rotatable bonds is 4. The van der Waals surface area contributed by atoms with Crippen LogP contribution in [0.5, 0.6) is 0 Å². The Morgan fingerprint density at radius 3 is 3.00 bits per heavy atom. The first-order valence-corrected chi connectivity index (χ1v) is 6.03. The van der Waals surface area contributed by atoms with Crippen molar-refractivity contribution in [3.8, 4) is 6.07 Å². The van der Waals surface area contributed by atoms with Crippen molar-refractivity contribution in [2.24, 2.45) is 0 Å². The highest BCUT2D eigenvalue weighted by Gasteiger charge is 2.24. The molecule has 0 radical (unpaired) electrons. The molecule has 0 spiro atoms. The van der Waals surface area contributed by atoms with Crippen molar-refractivity contribution < 1.29 is 0 Å². The van der Waals surface area contributed by atoms with E-state index in [9.17, 15) is 0 Å². The summed E-state index contributed by atoms with van der Waals surface area (Å²) >= 11 is 1.64. The SMILES string of the molecule is CC(C)(C#N)c1ncc(CNC2CC2)s1. The van der Waals surface area contributed by atoms with Gasteiger partial charge in [-0.3, -0.25) is 0 Å². The zero-order valence-corrected chi connectivity index (χ0v) is 9.90. The Labute approximate surface area is 94.1 Å². The number of nitrogens with zero attached hydrogens (tertiary/aromatic N) is 2. The lowest BCUT2D eigenvalue weighted by Gasteiger charge is -2.09. The van der Waals surface area contributed by atoms with E-state index in [1.165, 1.54) is 17.7 Å². The van der Waals surface area contributed by atoms with E-state index < -0.39 is 5.41 Å². The Kier molecular flexibility index (Phi) is 2.76. The number of thiazole rings is 1. The molecular formula is C11H15N3S. The molecule has 1 saturated carbocycles.